The van der Waals surface area contributed by atoms with Crippen molar-refractivity contribution in [3.8, 4) is 5.75 Å². The zero-order valence-electron chi connectivity index (χ0n) is 17.2. The second-order valence-corrected chi connectivity index (χ2v) is 8.97. The average molecular weight is 413 g/mol. The molecule has 2 amide bonds. The van der Waals surface area contributed by atoms with Crippen LogP contribution in [-0.2, 0) is 16.1 Å². The van der Waals surface area contributed by atoms with Crippen molar-refractivity contribution in [3.05, 3.63) is 54.1 Å². The first-order chi connectivity index (χ1) is 13.9. The number of para-hydroxylation sites is 1. The highest BCUT2D eigenvalue weighted by Crippen LogP contribution is 2.38. The standard InChI is InChI=1S/C23H28N2O3S/c1-16(2)28-19-10-8-18(9-11-19)14-24-22(26)12-13-23(27)25-15-17(3)29-21-7-5-4-6-20(21)25/h4-11,16-17H,12-15H2,1-3H3,(H,24,26)/t17-/m0/s1. The molecule has 0 fully saturated rings. The molecule has 5 nitrogen and oxygen atoms in total. The Hall–Kier alpha value is -2.47. The topological polar surface area (TPSA) is 58.6 Å². The number of hydrogen-bond acceptors (Lipinski definition) is 4. The fourth-order valence-electron chi connectivity index (χ4n) is 3.23. The van der Waals surface area contributed by atoms with Crippen LogP contribution in [0.1, 0.15) is 39.2 Å². The molecular weight excluding hydrogens is 384 g/mol. The minimum atomic E-state index is -0.117. The molecule has 1 heterocycles. The van der Waals surface area contributed by atoms with Crippen molar-refractivity contribution in [2.24, 2.45) is 0 Å². The van der Waals surface area contributed by atoms with Crippen molar-refractivity contribution in [3.63, 3.8) is 0 Å². The van der Waals surface area contributed by atoms with Gasteiger partial charge in [-0.3, -0.25) is 9.59 Å². The minimum absolute atomic E-state index is 0.00469. The van der Waals surface area contributed by atoms with Gasteiger partial charge in [-0.2, -0.15) is 0 Å². The van der Waals surface area contributed by atoms with Crippen LogP contribution in [0.4, 0.5) is 5.69 Å². The Morgan fingerprint density at radius 2 is 1.86 bits per heavy atom. The molecule has 29 heavy (non-hydrogen) atoms. The average Bonchev–Trinajstić information content (AvgIpc) is 2.70. The number of fused-ring (bicyclic) bond motifs is 1. The number of ether oxygens (including phenoxy) is 1. The highest BCUT2D eigenvalue weighted by molar-refractivity contribution is 8.00. The number of amides is 2. The molecule has 1 atom stereocenters. The summed E-state index contributed by atoms with van der Waals surface area (Å²) in [5.41, 5.74) is 1.95. The number of hydrogen-bond donors (Lipinski definition) is 1. The third-order valence-electron chi connectivity index (χ3n) is 4.58. The molecule has 0 saturated carbocycles. The summed E-state index contributed by atoms with van der Waals surface area (Å²) in [5.74, 6) is 0.693. The molecule has 0 aliphatic carbocycles. The third-order valence-corrected chi connectivity index (χ3v) is 5.73. The number of carbonyl (C=O) groups is 2. The molecule has 154 valence electrons. The van der Waals surface area contributed by atoms with Crippen LogP contribution in [0.25, 0.3) is 0 Å². The maximum atomic E-state index is 12.7. The first-order valence-corrected chi connectivity index (χ1v) is 10.9. The Morgan fingerprint density at radius 1 is 1.14 bits per heavy atom. The fraction of sp³-hybridized carbons (Fsp3) is 0.391. The largest absolute Gasteiger partial charge is 0.491 e. The van der Waals surface area contributed by atoms with Crippen molar-refractivity contribution < 1.29 is 14.3 Å². The number of nitrogens with zero attached hydrogens (tertiary/aromatic N) is 1. The van der Waals surface area contributed by atoms with Crippen LogP contribution < -0.4 is 15.0 Å². The van der Waals surface area contributed by atoms with Crippen molar-refractivity contribution in [1.82, 2.24) is 5.32 Å². The summed E-state index contributed by atoms with van der Waals surface area (Å²) >= 11 is 1.79. The molecule has 0 saturated heterocycles. The molecule has 0 unspecified atom stereocenters. The van der Waals surface area contributed by atoms with Crippen molar-refractivity contribution >= 4 is 29.3 Å². The molecule has 0 bridgehead atoms. The van der Waals surface area contributed by atoms with Gasteiger partial charge in [0.05, 0.1) is 11.8 Å². The fourth-order valence-corrected chi connectivity index (χ4v) is 4.34. The summed E-state index contributed by atoms with van der Waals surface area (Å²) in [6.45, 7) is 7.20. The maximum Gasteiger partial charge on any atom is 0.227 e. The lowest BCUT2D eigenvalue weighted by Gasteiger charge is -2.32. The van der Waals surface area contributed by atoms with Gasteiger partial charge in [-0.25, -0.2) is 0 Å². The van der Waals surface area contributed by atoms with E-state index in [2.05, 4.69) is 12.2 Å². The first kappa shape index (κ1) is 21.2. The Bertz CT molecular complexity index is 851. The predicted molar refractivity (Wildman–Crippen MR) is 117 cm³/mol. The molecule has 1 N–H and O–H groups in total. The number of benzene rings is 2. The number of anilines is 1. The molecule has 1 aliphatic rings. The number of carbonyl (C=O) groups excluding carboxylic acids is 2. The smallest absolute Gasteiger partial charge is 0.227 e. The van der Waals surface area contributed by atoms with Gasteiger partial charge in [0.15, 0.2) is 0 Å². The van der Waals surface area contributed by atoms with Crippen LogP contribution in [0.15, 0.2) is 53.4 Å². The van der Waals surface area contributed by atoms with Crippen molar-refractivity contribution in [2.75, 3.05) is 11.4 Å². The number of nitrogens with one attached hydrogen (secondary N) is 1. The number of rotatable bonds is 7. The summed E-state index contributed by atoms with van der Waals surface area (Å²) in [7, 11) is 0. The molecule has 1 aliphatic heterocycles. The van der Waals surface area contributed by atoms with E-state index in [-0.39, 0.29) is 30.8 Å². The third kappa shape index (κ3) is 6.00. The maximum absolute atomic E-state index is 12.7. The predicted octanol–water partition coefficient (Wildman–Crippen LogP) is 4.40. The van der Waals surface area contributed by atoms with E-state index in [0.29, 0.717) is 18.3 Å². The SMILES string of the molecule is CC(C)Oc1ccc(CNC(=O)CCC(=O)N2C[C@H](C)Sc3ccccc32)cc1. The lowest BCUT2D eigenvalue weighted by Crippen LogP contribution is -2.39. The highest BCUT2D eigenvalue weighted by Gasteiger charge is 2.26. The monoisotopic (exact) mass is 412 g/mol. The van der Waals surface area contributed by atoms with Gasteiger partial charge in [-0.15, -0.1) is 11.8 Å². The van der Waals surface area contributed by atoms with Gasteiger partial charge in [-0.05, 0) is 43.7 Å². The van der Waals surface area contributed by atoms with Crippen LogP contribution in [0.2, 0.25) is 0 Å². The molecule has 6 heteroatoms. The van der Waals surface area contributed by atoms with Gasteiger partial charge in [0.2, 0.25) is 11.8 Å². The van der Waals surface area contributed by atoms with E-state index in [0.717, 1.165) is 21.9 Å². The summed E-state index contributed by atoms with van der Waals surface area (Å²) in [6, 6.07) is 15.6. The lowest BCUT2D eigenvalue weighted by atomic mass is 10.2. The summed E-state index contributed by atoms with van der Waals surface area (Å²) < 4.78 is 5.62. The van der Waals surface area contributed by atoms with Crippen LogP contribution >= 0.6 is 11.8 Å². The molecule has 2 aromatic rings. The Labute approximate surface area is 176 Å². The van der Waals surface area contributed by atoms with Crippen LogP contribution in [0, 0.1) is 0 Å². The minimum Gasteiger partial charge on any atom is -0.491 e. The van der Waals surface area contributed by atoms with E-state index < -0.39 is 0 Å². The van der Waals surface area contributed by atoms with Crippen LogP contribution in [-0.4, -0.2) is 29.7 Å². The first-order valence-electron chi connectivity index (χ1n) is 10.0. The van der Waals surface area contributed by atoms with Gasteiger partial charge in [0.1, 0.15) is 5.75 Å². The van der Waals surface area contributed by atoms with E-state index in [1.54, 1.807) is 11.8 Å². The Kier molecular flexibility index (Phi) is 7.20. The molecule has 0 aromatic heterocycles. The molecular formula is C23H28N2O3S. The van der Waals surface area contributed by atoms with E-state index >= 15 is 0 Å². The lowest BCUT2D eigenvalue weighted by molar-refractivity contribution is -0.125. The zero-order valence-corrected chi connectivity index (χ0v) is 18.0. The van der Waals surface area contributed by atoms with Gasteiger partial charge in [-0.1, -0.05) is 31.2 Å². The Balaban J connectivity index is 1.48. The van der Waals surface area contributed by atoms with Crippen molar-refractivity contribution in [1.29, 1.82) is 0 Å². The van der Waals surface area contributed by atoms with Gasteiger partial charge < -0.3 is 15.0 Å². The molecule has 0 radical (unpaired) electrons. The molecule has 2 aromatic carbocycles. The summed E-state index contributed by atoms with van der Waals surface area (Å²) in [5, 5.41) is 3.23. The van der Waals surface area contributed by atoms with E-state index in [1.807, 2.05) is 67.3 Å². The molecule has 3 rings (SSSR count). The van der Waals surface area contributed by atoms with Gasteiger partial charge in [0, 0.05) is 36.1 Å². The van der Waals surface area contributed by atoms with E-state index in [1.165, 1.54) is 0 Å². The summed E-state index contributed by atoms with van der Waals surface area (Å²) in [6.07, 6.45) is 0.526. The summed E-state index contributed by atoms with van der Waals surface area (Å²) in [4.78, 5) is 27.9. The second kappa shape index (κ2) is 9.83. The second-order valence-electron chi connectivity index (χ2n) is 7.49. The quantitative estimate of drug-likeness (QED) is 0.732. The van der Waals surface area contributed by atoms with E-state index in [9.17, 15) is 9.59 Å². The number of thioether (sulfide) groups is 1. The van der Waals surface area contributed by atoms with Gasteiger partial charge >= 0.3 is 0 Å². The van der Waals surface area contributed by atoms with Crippen molar-refractivity contribution in [2.45, 2.75) is 56.4 Å². The normalized spacial score (nSPS) is 15.7. The van der Waals surface area contributed by atoms with E-state index in [4.69, 9.17) is 4.74 Å². The van der Waals surface area contributed by atoms with Crippen LogP contribution in [0.5, 0.6) is 5.75 Å². The Morgan fingerprint density at radius 3 is 2.59 bits per heavy atom. The van der Waals surface area contributed by atoms with Crippen LogP contribution in [0.3, 0.4) is 0 Å². The molecule has 0 spiro atoms. The van der Waals surface area contributed by atoms with Gasteiger partial charge in [0.25, 0.3) is 0 Å². The highest BCUT2D eigenvalue weighted by atomic mass is 32.2. The zero-order chi connectivity index (χ0) is 20.8.